The van der Waals surface area contributed by atoms with Crippen molar-refractivity contribution in [2.45, 2.75) is 45.2 Å². The largest absolute Gasteiger partial charge is 0.334 e. The van der Waals surface area contributed by atoms with Crippen molar-refractivity contribution < 1.29 is 13.2 Å². The summed E-state index contributed by atoms with van der Waals surface area (Å²) in [5.41, 5.74) is 0.463. The lowest BCUT2D eigenvalue weighted by Crippen LogP contribution is -2.45. The highest BCUT2D eigenvalue weighted by atomic mass is 32.2. The van der Waals surface area contributed by atoms with Crippen LogP contribution < -0.4 is 4.72 Å². The SMILES string of the molecule is CCn1ccc(C(=O)N2CCCC[C@@H]2CCNS(C)(=O)=O)n1. The second-order valence-corrected chi connectivity index (χ2v) is 7.49. The van der Waals surface area contributed by atoms with Crippen LogP contribution in [0, 0.1) is 0 Å². The molecule has 7 nitrogen and oxygen atoms in total. The summed E-state index contributed by atoms with van der Waals surface area (Å²) in [6.07, 6.45) is 6.54. The van der Waals surface area contributed by atoms with E-state index < -0.39 is 10.0 Å². The van der Waals surface area contributed by atoms with Gasteiger partial charge in [0.2, 0.25) is 10.0 Å². The molecule has 1 aromatic rings. The molecular weight excluding hydrogens is 304 g/mol. The Morgan fingerprint density at radius 2 is 2.23 bits per heavy atom. The van der Waals surface area contributed by atoms with Crippen molar-refractivity contribution in [1.29, 1.82) is 0 Å². The maximum Gasteiger partial charge on any atom is 0.274 e. The summed E-state index contributed by atoms with van der Waals surface area (Å²) >= 11 is 0. The minimum Gasteiger partial charge on any atom is -0.334 e. The number of amides is 1. The zero-order valence-electron chi connectivity index (χ0n) is 13.2. The first-order valence-electron chi connectivity index (χ1n) is 7.70. The number of nitrogens with zero attached hydrogens (tertiary/aromatic N) is 3. The minimum absolute atomic E-state index is 0.0590. The molecule has 0 aromatic carbocycles. The molecule has 0 aliphatic carbocycles. The number of aryl methyl sites for hydroxylation is 1. The summed E-state index contributed by atoms with van der Waals surface area (Å²) in [4.78, 5) is 14.5. The quantitative estimate of drug-likeness (QED) is 0.838. The average molecular weight is 328 g/mol. The van der Waals surface area contributed by atoms with Gasteiger partial charge in [0.1, 0.15) is 5.69 Å². The van der Waals surface area contributed by atoms with Gasteiger partial charge in [0.15, 0.2) is 0 Å². The fourth-order valence-corrected chi connectivity index (χ4v) is 3.27. The third kappa shape index (κ3) is 4.54. The van der Waals surface area contributed by atoms with Crippen molar-refractivity contribution in [1.82, 2.24) is 19.4 Å². The molecule has 1 aliphatic rings. The van der Waals surface area contributed by atoms with Gasteiger partial charge < -0.3 is 4.90 Å². The minimum atomic E-state index is -3.18. The van der Waals surface area contributed by atoms with E-state index in [1.807, 2.05) is 11.8 Å². The van der Waals surface area contributed by atoms with Crippen LogP contribution in [0.1, 0.15) is 43.1 Å². The fourth-order valence-electron chi connectivity index (χ4n) is 2.78. The Morgan fingerprint density at radius 1 is 1.45 bits per heavy atom. The van der Waals surface area contributed by atoms with Gasteiger partial charge in [-0.3, -0.25) is 9.48 Å². The number of carbonyl (C=O) groups is 1. The van der Waals surface area contributed by atoms with Gasteiger partial charge in [-0.1, -0.05) is 0 Å². The van der Waals surface area contributed by atoms with Crippen LogP contribution in [0.5, 0.6) is 0 Å². The Balaban J connectivity index is 2.00. The number of likely N-dealkylation sites (tertiary alicyclic amines) is 1. The molecule has 124 valence electrons. The van der Waals surface area contributed by atoms with E-state index in [1.165, 1.54) is 0 Å². The van der Waals surface area contributed by atoms with E-state index in [2.05, 4.69) is 9.82 Å². The van der Waals surface area contributed by atoms with Gasteiger partial charge in [-0.25, -0.2) is 13.1 Å². The average Bonchev–Trinajstić information content (AvgIpc) is 2.95. The second kappa shape index (κ2) is 7.23. The summed E-state index contributed by atoms with van der Waals surface area (Å²) in [7, 11) is -3.18. The van der Waals surface area contributed by atoms with Gasteiger partial charge in [-0.15, -0.1) is 0 Å². The molecule has 8 heteroatoms. The molecular formula is C14H24N4O3S. The molecule has 1 amide bonds. The van der Waals surface area contributed by atoms with Gasteiger partial charge >= 0.3 is 0 Å². The smallest absolute Gasteiger partial charge is 0.274 e. The van der Waals surface area contributed by atoms with Crippen LogP contribution in [0.3, 0.4) is 0 Å². The molecule has 0 bridgehead atoms. The Morgan fingerprint density at radius 3 is 2.86 bits per heavy atom. The standard InChI is InChI=1S/C14H24N4O3S/c1-3-17-11-8-13(16-17)14(19)18-10-5-4-6-12(18)7-9-15-22(2,20)21/h8,11-12,15H,3-7,9-10H2,1-2H3/t12-/m1/s1. The number of nitrogens with one attached hydrogen (secondary N) is 1. The molecule has 0 spiro atoms. The zero-order valence-corrected chi connectivity index (χ0v) is 14.0. The molecule has 0 radical (unpaired) electrons. The van der Waals surface area contributed by atoms with E-state index in [9.17, 15) is 13.2 Å². The Hall–Kier alpha value is -1.41. The van der Waals surface area contributed by atoms with Gasteiger partial charge in [-0.05, 0) is 38.7 Å². The summed E-state index contributed by atoms with van der Waals surface area (Å²) in [5.74, 6) is -0.0590. The Bertz CT molecular complexity index is 611. The first-order chi connectivity index (χ1) is 10.4. The van der Waals surface area contributed by atoms with Gasteiger partial charge in [0, 0.05) is 31.9 Å². The number of rotatable bonds is 6. The van der Waals surface area contributed by atoms with E-state index in [0.29, 0.717) is 25.2 Å². The van der Waals surface area contributed by atoms with Crippen LogP contribution in [0.2, 0.25) is 0 Å². The third-order valence-electron chi connectivity index (χ3n) is 3.91. The van der Waals surface area contributed by atoms with Crippen LogP contribution in [0.4, 0.5) is 0 Å². The van der Waals surface area contributed by atoms with Crippen LogP contribution >= 0.6 is 0 Å². The molecule has 1 aromatic heterocycles. The molecule has 0 unspecified atom stereocenters. The first kappa shape index (κ1) is 17.0. The monoisotopic (exact) mass is 328 g/mol. The summed E-state index contributed by atoms with van der Waals surface area (Å²) < 4.78 is 26.5. The number of piperidine rings is 1. The Kier molecular flexibility index (Phi) is 5.57. The molecule has 1 aliphatic heterocycles. The summed E-state index contributed by atoms with van der Waals surface area (Å²) in [6, 6.07) is 1.81. The molecule has 1 N–H and O–H groups in total. The number of carbonyl (C=O) groups excluding carboxylic acids is 1. The highest BCUT2D eigenvalue weighted by Gasteiger charge is 2.28. The van der Waals surface area contributed by atoms with Gasteiger partial charge in [0.05, 0.1) is 6.26 Å². The van der Waals surface area contributed by atoms with E-state index >= 15 is 0 Å². The van der Waals surface area contributed by atoms with Crippen molar-refractivity contribution in [3.63, 3.8) is 0 Å². The lowest BCUT2D eigenvalue weighted by atomic mass is 9.99. The lowest BCUT2D eigenvalue weighted by Gasteiger charge is -2.35. The number of sulfonamides is 1. The first-order valence-corrected chi connectivity index (χ1v) is 9.59. The van der Waals surface area contributed by atoms with Gasteiger partial charge in [0.25, 0.3) is 5.91 Å². The normalized spacial score (nSPS) is 19.4. The van der Waals surface area contributed by atoms with Crippen LogP contribution in [-0.4, -0.2) is 54.4 Å². The predicted molar refractivity (Wildman–Crippen MR) is 84.0 cm³/mol. The van der Waals surface area contributed by atoms with E-state index in [4.69, 9.17) is 0 Å². The van der Waals surface area contributed by atoms with Gasteiger partial charge in [-0.2, -0.15) is 5.10 Å². The zero-order chi connectivity index (χ0) is 16.2. The van der Waals surface area contributed by atoms with Crippen molar-refractivity contribution in [3.05, 3.63) is 18.0 Å². The van der Waals surface area contributed by atoms with Crippen molar-refractivity contribution in [3.8, 4) is 0 Å². The van der Waals surface area contributed by atoms with Crippen molar-refractivity contribution in [2.24, 2.45) is 0 Å². The number of hydrogen-bond donors (Lipinski definition) is 1. The predicted octanol–water partition coefficient (Wildman–Crippen LogP) is 0.837. The maximum atomic E-state index is 12.6. The molecule has 2 heterocycles. The molecule has 1 atom stereocenters. The molecule has 22 heavy (non-hydrogen) atoms. The highest BCUT2D eigenvalue weighted by Crippen LogP contribution is 2.21. The molecule has 1 fully saturated rings. The second-order valence-electron chi connectivity index (χ2n) is 5.66. The van der Waals surface area contributed by atoms with Crippen molar-refractivity contribution >= 4 is 15.9 Å². The highest BCUT2D eigenvalue weighted by molar-refractivity contribution is 7.88. The maximum absolute atomic E-state index is 12.6. The third-order valence-corrected chi connectivity index (χ3v) is 4.64. The fraction of sp³-hybridized carbons (Fsp3) is 0.714. The lowest BCUT2D eigenvalue weighted by molar-refractivity contribution is 0.0597. The summed E-state index contributed by atoms with van der Waals surface area (Å²) in [5, 5.41) is 4.27. The van der Waals surface area contributed by atoms with Crippen molar-refractivity contribution in [2.75, 3.05) is 19.3 Å². The topological polar surface area (TPSA) is 84.3 Å². The number of hydrogen-bond acceptors (Lipinski definition) is 4. The molecule has 1 saturated heterocycles. The van der Waals surface area contributed by atoms with Crippen LogP contribution in [0.15, 0.2) is 12.3 Å². The van der Waals surface area contributed by atoms with Crippen LogP contribution in [-0.2, 0) is 16.6 Å². The van der Waals surface area contributed by atoms with Crippen LogP contribution in [0.25, 0.3) is 0 Å². The Labute approximate surface area is 131 Å². The molecule has 2 rings (SSSR count). The van der Waals surface area contributed by atoms with E-state index in [0.717, 1.165) is 32.1 Å². The van der Waals surface area contributed by atoms with E-state index in [-0.39, 0.29) is 11.9 Å². The number of aromatic nitrogens is 2. The van der Waals surface area contributed by atoms with E-state index in [1.54, 1.807) is 16.9 Å². The summed E-state index contributed by atoms with van der Waals surface area (Å²) in [6.45, 7) is 3.77. The molecule has 0 saturated carbocycles.